The largest absolute Gasteiger partial charge is 0.496 e. The van der Waals surface area contributed by atoms with Gasteiger partial charge in [0, 0.05) is 5.56 Å². The van der Waals surface area contributed by atoms with E-state index >= 15 is 0 Å². The van der Waals surface area contributed by atoms with Crippen LogP contribution in [0.5, 0.6) is 5.75 Å². The second-order valence-corrected chi connectivity index (χ2v) is 7.37. The van der Waals surface area contributed by atoms with Gasteiger partial charge in [0.05, 0.1) is 19.4 Å². The number of hydrogen-bond donors (Lipinski definition) is 2. The zero-order valence-electron chi connectivity index (χ0n) is 16.1. The molecule has 2 fully saturated rings. The highest BCUT2D eigenvalue weighted by Gasteiger charge is 2.62. The number of hydrogen-bond acceptors (Lipinski definition) is 8. The van der Waals surface area contributed by atoms with Crippen LogP contribution in [0.25, 0.3) is 5.52 Å². The van der Waals surface area contributed by atoms with Crippen molar-refractivity contribution in [1.29, 1.82) is 0 Å². The summed E-state index contributed by atoms with van der Waals surface area (Å²) in [7, 11) is 1.61. The molecule has 0 saturated carbocycles. The molecule has 3 aromatic rings. The Morgan fingerprint density at radius 3 is 2.86 bits per heavy atom. The van der Waals surface area contributed by atoms with E-state index in [2.05, 4.69) is 10.1 Å². The van der Waals surface area contributed by atoms with Gasteiger partial charge < -0.3 is 29.8 Å². The van der Waals surface area contributed by atoms with E-state index in [-0.39, 0.29) is 6.61 Å². The summed E-state index contributed by atoms with van der Waals surface area (Å²) in [5.74, 6) is 1.05. The van der Waals surface area contributed by atoms with Gasteiger partial charge in [-0.25, -0.2) is 9.50 Å². The fourth-order valence-electron chi connectivity index (χ4n) is 4.31. The minimum atomic E-state index is -0.854. The maximum atomic E-state index is 9.92. The van der Waals surface area contributed by atoms with Crippen molar-refractivity contribution in [3.8, 4) is 5.75 Å². The smallest absolute Gasteiger partial charge is 0.188 e. The van der Waals surface area contributed by atoms with E-state index in [1.54, 1.807) is 11.6 Å². The van der Waals surface area contributed by atoms with Crippen molar-refractivity contribution in [3.05, 3.63) is 54.0 Å². The van der Waals surface area contributed by atoms with E-state index in [0.29, 0.717) is 17.1 Å². The van der Waals surface area contributed by atoms with E-state index in [0.717, 1.165) is 11.3 Å². The SMILES string of the molecule is COc1ccccc1C1O[C@@H]2[C@@H](CO)O[C@@H](c3ccc4c(N)ncnn34)[C@]2(C)O1. The second kappa shape index (κ2) is 6.67. The van der Waals surface area contributed by atoms with E-state index in [4.69, 9.17) is 24.7 Å². The van der Waals surface area contributed by atoms with Crippen molar-refractivity contribution in [2.75, 3.05) is 19.5 Å². The molecule has 1 unspecified atom stereocenters. The van der Waals surface area contributed by atoms with E-state index < -0.39 is 30.2 Å². The van der Waals surface area contributed by atoms with Crippen LogP contribution in [0.15, 0.2) is 42.7 Å². The molecule has 2 aromatic heterocycles. The Morgan fingerprint density at radius 2 is 2.07 bits per heavy atom. The van der Waals surface area contributed by atoms with Crippen molar-refractivity contribution in [2.45, 2.75) is 37.1 Å². The summed E-state index contributed by atoms with van der Waals surface area (Å²) in [5, 5.41) is 14.2. The van der Waals surface area contributed by atoms with Gasteiger partial charge in [-0.1, -0.05) is 18.2 Å². The number of fused-ring (bicyclic) bond motifs is 2. The van der Waals surface area contributed by atoms with Crippen LogP contribution in [-0.4, -0.2) is 51.2 Å². The highest BCUT2D eigenvalue weighted by Crippen LogP contribution is 2.54. The number of nitrogens with zero attached hydrogens (tertiary/aromatic N) is 3. The number of para-hydroxylation sites is 1. The second-order valence-electron chi connectivity index (χ2n) is 7.37. The molecule has 2 aliphatic heterocycles. The van der Waals surface area contributed by atoms with Gasteiger partial charge in [0.2, 0.25) is 0 Å². The molecule has 1 aromatic carbocycles. The van der Waals surface area contributed by atoms with Crippen molar-refractivity contribution in [1.82, 2.24) is 14.6 Å². The average molecular weight is 398 g/mol. The lowest BCUT2D eigenvalue weighted by Gasteiger charge is -2.27. The zero-order valence-corrected chi connectivity index (χ0v) is 16.1. The van der Waals surface area contributed by atoms with Gasteiger partial charge in [0.15, 0.2) is 12.1 Å². The number of benzene rings is 1. The first-order valence-corrected chi connectivity index (χ1v) is 9.37. The van der Waals surface area contributed by atoms with Crippen molar-refractivity contribution < 1.29 is 24.1 Å². The Balaban J connectivity index is 1.56. The molecular weight excluding hydrogens is 376 g/mol. The first-order valence-electron chi connectivity index (χ1n) is 9.37. The maximum Gasteiger partial charge on any atom is 0.188 e. The van der Waals surface area contributed by atoms with Gasteiger partial charge >= 0.3 is 0 Å². The molecule has 2 aliphatic rings. The third kappa shape index (κ3) is 2.62. The molecule has 0 bridgehead atoms. The maximum absolute atomic E-state index is 9.92. The Labute approximate surface area is 167 Å². The number of nitrogen functional groups attached to an aromatic ring is 1. The number of aliphatic hydroxyl groups is 1. The molecule has 0 aliphatic carbocycles. The molecule has 5 rings (SSSR count). The molecule has 0 radical (unpaired) electrons. The first kappa shape index (κ1) is 18.3. The van der Waals surface area contributed by atoms with Gasteiger partial charge in [-0.3, -0.25) is 0 Å². The van der Waals surface area contributed by atoms with E-state index in [1.165, 1.54) is 6.33 Å². The summed E-state index contributed by atoms with van der Waals surface area (Å²) in [6.07, 6.45) is -0.798. The standard InChI is InChI=1S/C20H22N4O5/c1-20-16(12-7-8-13-18(21)22-10-23-24(12)13)27-15(9-25)17(20)28-19(29-20)11-5-3-4-6-14(11)26-2/h3-8,10,15-17,19,25H,9H2,1-2H3,(H2,21,22,23)/t15-,16+,17-,19?,20+/m1/s1. The van der Waals surface area contributed by atoms with Crippen LogP contribution in [0, 0.1) is 0 Å². The molecule has 29 heavy (non-hydrogen) atoms. The fraction of sp³-hybridized carbons (Fsp3) is 0.400. The highest BCUT2D eigenvalue weighted by molar-refractivity contribution is 5.65. The minimum absolute atomic E-state index is 0.195. The molecule has 5 atom stereocenters. The average Bonchev–Trinajstić information content (AvgIpc) is 3.38. The minimum Gasteiger partial charge on any atom is -0.496 e. The molecule has 2 saturated heterocycles. The zero-order chi connectivity index (χ0) is 20.2. The van der Waals surface area contributed by atoms with E-state index in [9.17, 15) is 5.11 Å². The summed E-state index contributed by atoms with van der Waals surface area (Å²) < 4.78 is 26.0. The number of nitrogens with two attached hydrogens (primary N) is 1. The normalized spacial score (nSPS) is 31.3. The predicted octanol–water partition coefficient (Wildman–Crippen LogP) is 1.63. The van der Waals surface area contributed by atoms with Crippen molar-refractivity contribution >= 4 is 11.3 Å². The van der Waals surface area contributed by atoms with E-state index in [1.807, 2.05) is 43.3 Å². The number of methoxy groups -OCH3 is 1. The molecule has 0 amide bonds. The van der Waals surface area contributed by atoms with Crippen LogP contribution in [0.2, 0.25) is 0 Å². The lowest BCUT2D eigenvalue weighted by atomic mass is 9.91. The molecule has 3 N–H and O–H groups in total. The summed E-state index contributed by atoms with van der Waals surface area (Å²) >= 11 is 0. The van der Waals surface area contributed by atoms with Crippen LogP contribution in [0.3, 0.4) is 0 Å². The molecule has 4 heterocycles. The summed E-state index contributed by atoms with van der Waals surface area (Å²) in [6, 6.07) is 11.3. The third-order valence-corrected chi connectivity index (χ3v) is 5.72. The molecule has 9 nitrogen and oxygen atoms in total. The van der Waals surface area contributed by atoms with Crippen LogP contribution >= 0.6 is 0 Å². The van der Waals surface area contributed by atoms with Gasteiger partial charge in [-0.2, -0.15) is 5.10 Å². The molecule has 9 heteroatoms. The van der Waals surface area contributed by atoms with Gasteiger partial charge in [-0.05, 0) is 25.1 Å². The topological polar surface area (TPSA) is 113 Å². The molecular formula is C20H22N4O5. The van der Waals surface area contributed by atoms with Crippen LogP contribution in [-0.2, 0) is 14.2 Å². The predicted molar refractivity (Wildman–Crippen MR) is 102 cm³/mol. The van der Waals surface area contributed by atoms with Gasteiger partial charge in [-0.15, -0.1) is 0 Å². The van der Waals surface area contributed by atoms with Crippen molar-refractivity contribution in [3.63, 3.8) is 0 Å². The number of aliphatic hydroxyl groups excluding tert-OH is 1. The lowest BCUT2D eigenvalue weighted by Crippen LogP contribution is -2.40. The van der Waals surface area contributed by atoms with Crippen LogP contribution < -0.4 is 10.5 Å². The number of aromatic nitrogens is 3. The Hall–Kier alpha value is -2.72. The number of ether oxygens (including phenoxy) is 4. The Bertz CT molecular complexity index is 1060. The summed E-state index contributed by atoms with van der Waals surface area (Å²) in [5.41, 5.74) is 7.33. The lowest BCUT2D eigenvalue weighted by molar-refractivity contribution is -0.159. The third-order valence-electron chi connectivity index (χ3n) is 5.72. The monoisotopic (exact) mass is 398 g/mol. The number of rotatable bonds is 4. The molecule has 0 spiro atoms. The van der Waals surface area contributed by atoms with Crippen molar-refractivity contribution in [2.24, 2.45) is 0 Å². The highest BCUT2D eigenvalue weighted by atomic mass is 16.8. The summed E-state index contributed by atoms with van der Waals surface area (Å²) in [4.78, 5) is 4.03. The summed E-state index contributed by atoms with van der Waals surface area (Å²) in [6.45, 7) is 1.73. The van der Waals surface area contributed by atoms with Crippen LogP contribution in [0.4, 0.5) is 5.82 Å². The first-order chi connectivity index (χ1) is 14.1. The van der Waals surface area contributed by atoms with Gasteiger partial charge in [0.1, 0.15) is 41.5 Å². The quantitative estimate of drug-likeness (QED) is 0.682. The molecule has 152 valence electrons. The van der Waals surface area contributed by atoms with Gasteiger partial charge in [0.25, 0.3) is 0 Å². The Morgan fingerprint density at radius 1 is 1.24 bits per heavy atom. The number of anilines is 1. The fourth-order valence-corrected chi connectivity index (χ4v) is 4.31. The van der Waals surface area contributed by atoms with Crippen LogP contribution in [0.1, 0.15) is 30.6 Å². The Kier molecular flexibility index (Phi) is 4.21.